The summed E-state index contributed by atoms with van der Waals surface area (Å²) in [6, 6.07) is 0. The summed E-state index contributed by atoms with van der Waals surface area (Å²) >= 11 is 0. The Morgan fingerprint density at radius 1 is 1.67 bits per heavy atom. The van der Waals surface area contributed by atoms with Gasteiger partial charge in [-0.05, 0) is 13.8 Å². The molecule has 0 aliphatic carbocycles. The number of ether oxygens (including phenoxy) is 1. The van der Waals surface area contributed by atoms with Crippen LogP contribution in [0.4, 0.5) is 0 Å². The third-order valence-electron chi connectivity index (χ3n) is 1.86. The van der Waals surface area contributed by atoms with Gasteiger partial charge in [-0.15, -0.1) is 0 Å². The second-order valence-corrected chi connectivity index (χ2v) is 3.17. The molecule has 0 spiro atoms. The maximum absolute atomic E-state index is 10.8. The van der Waals surface area contributed by atoms with E-state index in [1.165, 1.54) is 18.7 Å². The maximum atomic E-state index is 10.8. The van der Waals surface area contributed by atoms with Crippen LogP contribution in [0.2, 0.25) is 0 Å². The molecule has 0 aromatic rings. The normalized spacial score (nSPS) is 22.0. The lowest BCUT2D eigenvalue weighted by molar-refractivity contribution is -0.151. The van der Waals surface area contributed by atoms with Gasteiger partial charge in [0, 0.05) is 6.21 Å². The summed E-state index contributed by atoms with van der Waals surface area (Å²) in [5.41, 5.74) is -0.936. The predicted octanol–water partition coefficient (Wildman–Crippen LogP) is 1.04. The van der Waals surface area contributed by atoms with Crippen molar-refractivity contribution in [1.82, 2.24) is 0 Å². The molecule has 66 valence electrons. The Morgan fingerprint density at radius 3 is 2.75 bits per heavy atom. The third-order valence-corrected chi connectivity index (χ3v) is 1.86. The van der Waals surface area contributed by atoms with Crippen LogP contribution >= 0.6 is 0 Å². The van der Waals surface area contributed by atoms with Gasteiger partial charge >= 0.3 is 5.97 Å². The number of rotatable bonds is 2. The van der Waals surface area contributed by atoms with Crippen LogP contribution in [-0.4, -0.2) is 23.4 Å². The molecule has 12 heavy (non-hydrogen) atoms. The van der Waals surface area contributed by atoms with Gasteiger partial charge < -0.3 is 9.84 Å². The fraction of sp³-hybridized carbons (Fsp3) is 0.500. The first kappa shape index (κ1) is 8.77. The summed E-state index contributed by atoms with van der Waals surface area (Å²) < 4.78 is 5.09. The molecule has 1 N–H and O–H groups in total. The van der Waals surface area contributed by atoms with Crippen molar-refractivity contribution >= 4 is 12.2 Å². The van der Waals surface area contributed by atoms with E-state index in [4.69, 9.17) is 9.84 Å². The molecule has 1 atom stereocenters. The van der Waals surface area contributed by atoms with Crippen LogP contribution in [0.25, 0.3) is 0 Å². The number of hydrogen-bond donors (Lipinski definition) is 1. The summed E-state index contributed by atoms with van der Waals surface area (Å²) in [7, 11) is 0. The Kier molecular flexibility index (Phi) is 2.17. The first-order chi connectivity index (χ1) is 5.55. The minimum Gasteiger partial charge on any atom is -0.490 e. The van der Waals surface area contributed by atoms with Gasteiger partial charge in [-0.2, -0.15) is 0 Å². The molecule has 4 nitrogen and oxygen atoms in total. The molecule has 1 aliphatic heterocycles. The topological polar surface area (TPSA) is 58.9 Å². The summed E-state index contributed by atoms with van der Waals surface area (Å²) in [6.45, 7) is 3.20. The Bertz CT molecular complexity index is 243. The van der Waals surface area contributed by atoms with Crippen LogP contribution in [0.15, 0.2) is 17.5 Å². The van der Waals surface area contributed by atoms with E-state index >= 15 is 0 Å². The van der Waals surface area contributed by atoms with Gasteiger partial charge in [-0.25, -0.2) is 0 Å². The molecule has 1 heterocycles. The number of carboxylic acids is 1. The van der Waals surface area contributed by atoms with Crippen molar-refractivity contribution in [2.45, 2.75) is 20.0 Å². The van der Waals surface area contributed by atoms with Crippen molar-refractivity contribution in [3.8, 4) is 0 Å². The molecule has 1 rings (SSSR count). The molecular formula is C8H11NO3. The number of carbonyl (C=O) groups is 1. The number of nitrogens with zero attached hydrogens (tertiary/aromatic N) is 1. The van der Waals surface area contributed by atoms with Gasteiger partial charge in [0.1, 0.15) is 17.8 Å². The van der Waals surface area contributed by atoms with Gasteiger partial charge in [0.2, 0.25) is 0 Å². The fourth-order valence-electron chi connectivity index (χ4n) is 0.796. The van der Waals surface area contributed by atoms with Gasteiger partial charge in [0.15, 0.2) is 0 Å². The maximum Gasteiger partial charge on any atom is 0.313 e. The lowest BCUT2D eigenvalue weighted by atomic mass is 9.87. The quantitative estimate of drug-likeness (QED) is 0.671. The summed E-state index contributed by atoms with van der Waals surface area (Å²) in [6.07, 6.45) is 3.89. The van der Waals surface area contributed by atoms with E-state index in [0.29, 0.717) is 0 Å². The highest BCUT2D eigenvalue weighted by atomic mass is 16.5. The van der Waals surface area contributed by atoms with E-state index < -0.39 is 17.5 Å². The molecule has 0 aromatic carbocycles. The van der Waals surface area contributed by atoms with Crippen LogP contribution in [0.3, 0.4) is 0 Å². The van der Waals surface area contributed by atoms with Crippen LogP contribution in [-0.2, 0) is 9.53 Å². The second kappa shape index (κ2) is 2.97. The molecule has 0 radical (unpaired) electrons. The molecular weight excluding hydrogens is 158 g/mol. The molecule has 0 saturated heterocycles. The van der Waals surface area contributed by atoms with Crippen LogP contribution in [0.1, 0.15) is 13.8 Å². The van der Waals surface area contributed by atoms with Crippen LogP contribution in [0, 0.1) is 5.41 Å². The summed E-state index contributed by atoms with van der Waals surface area (Å²) in [4.78, 5) is 14.6. The lowest BCUT2D eigenvalue weighted by Crippen LogP contribution is -2.39. The predicted molar refractivity (Wildman–Crippen MR) is 43.9 cm³/mol. The van der Waals surface area contributed by atoms with Gasteiger partial charge in [0.25, 0.3) is 0 Å². The summed E-state index contributed by atoms with van der Waals surface area (Å²) in [5.74, 6) is -0.894. The van der Waals surface area contributed by atoms with Gasteiger partial charge in [0.05, 0.1) is 6.20 Å². The van der Waals surface area contributed by atoms with Crippen molar-refractivity contribution in [3.63, 3.8) is 0 Å². The number of aliphatic carboxylic acids is 1. The SMILES string of the molecule is CC(C)(C(=O)O)C1C=NC=CO1. The van der Waals surface area contributed by atoms with E-state index in [9.17, 15) is 4.79 Å². The zero-order chi connectivity index (χ0) is 9.19. The molecule has 0 saturated carbocycles. The van der Waals surface area contributed by atoms with E-state index in [-0.39, 0.29) is 0 Å². The van der Waals surface area contributed by atoms with Crippen molar-refractivity contribution in [3.05, 3.63) is 12.5 Å². The van der Waals surface area contributed by atoms with Crippen LogP contribution < -0.4 is 0 Å². The monoisotopic (exact) mass is 169 g/mol. The number of aliphatic imine (C=N–C) groups is 1. The molecule has 0 aromatic heterocycles. The highest BCUT2D eigenvalue weighted by Crippen LogP contribution is 2.23. The van der Waals surface area contributed by atoms with Crippen LogP contribution in [0.5, 0.6) is 0 Å². The largest absolute Gasteiger partial charge is 0.490 e. The molecule has 0 amide bonds. The zero-order valence-corrected chi connectivity index (χ0v) is 7.02. The smallest absolute Gasteiger partial charge is 0.313 e. The molecule has 1 unspecified atom stereocenters. The second-order valence-electron chi connectivity index (χ2n) is 3.17. The average molecular weight is 169 g/mol. The fourth-order valence-corrected chi connectivity index (χ4v) is 0.796. The molecule has 4 heteroatoms. The standard InChI is InChI=1S/C8H11NO3/c1-8(2,7(10)11)6-5-9-3-4-12-6/h3-6H,1-2H3,(H,10,11). The Morgan fingerprint density at radius 2 is 2.33 bits per heavy atom. The van der Waals surface area contributed by atoms with Crippen molar-refractivity contribution < 1.29 is 14.6 Å². The van der Waals surface area contributed by atoms with E-state index in [2.05, 4.69) is 4.99 Å². The van der Waals surface area contributed by atoms with Gasteiger partial charge in [-0.3, -0.25) is 9.79 Å². The van der Waals surface area contributed by atoms with E-state index in [1.54, 1.807) is 13.8 Å². The highest BCUT2D eigenvalue weighted by molar-refractivity contribution is 5.81. The molecule has 1 aliphatic rings. The first-order valence-electron chi connectivity index (χ1n) is 3.62. The average Bonchev–Trinajstić information content (AvgIpc) is 2.06. The van der Waals surface area contributed by atoms with E-state index in [1.807, 2.05) is 0 Å². The minimum absolute atomic E-state index is 0.486. The molecule has 0 bridgehead atoms. The van der Waals surface area contributed by atoms with Crippen molar-refractivity contribution in [1.29, 1.82) is 0 Å². The summed E-state index contributed by atoms with van der Waals surface area (Å²) in [5, 5.41) is 8.83. The lowest BCUT2D eigenvalue weighted by Gasteiger charge is -2.27. The molecule has 0 fully saturated rings. The van der Waals surface area contributed by atoms with Crippen molar-refractivity contribution in [2.75, 3.05) is 0 Å². The van der Waals surface area contributed by atoms with E-state index in [0.717, 1.165) is 0 Å². The highest BCUT2D eigenvalue weighted by Gasteiger charge is 2.37. The Hall–Kier alpha value is -1.32. The van der Waals surface area contributed by atoms with Crippen molar-refractivity contribution in [2.24, 2.45) is 10.4 Å². The third kappa shape index (κ3) is 1.47. The number of carboxylic acid groups (broad SMARTS) is 1. The Labute approximate surface area is 70.6 Å². The first-order valence-corrected chi connectivity index (χ1v) is 3.62. The number of hydrogen-bond acceptors (Lipinski definition) is 3. The minimum atomic E-state index is -0.936. The Balaban J connectivity index is 2.75. The zero-order valence-electron chi connectivity index (χ0n) is 7.02. The van der Waals surface area contributed by atoms with Gasteiger partial charge in [-0.1, -0.05) is 0 Å².